The molecular formula is C22H29IN4O. The first-order valence-electron chi connectivity index (χ1n) is 9.83. The Morgan fingerprint density at radius 3 is 2.71 bits per heavy atom. The zero-order chi connectivity index (χ0) is 18.6. The van der Waals surface area contributed by atoms with Crippen molar-refractivity contribution >= 4 is 35.6 Å². The Bertz CT molecular complexity index is 839. The van der Waals surface area contributed by atoms with Crippen LogP contribution in [0.15, 0.2) is 47.5 Å². The summed E-state index contributed by atoms with van der Waals surface area (Å²) in [5.74, 6) is 0.444. The third-order valence-electron chi connectivity index (χ3n) is 5.55. The number of aliphatic hydroxyl groups is 1. The van der Waals surface area contributed by atoms with Crippen LogP contribution in [0.3, 0.4) is 0 Å². The second-order valence-electron chi connectivity index (χ2n) is 7.61. The monoisotopic (exact) mass is 492 g/mol. The Morgan fingerprint density at radius 2 is 1.93 bits per heavy atom. The third kappa shape index (κ3) is 5.24. The quantitative estimate of drug-likeness (QED) is 0.340. The minimum absolute atomic E-state index is 0. The molecule has 1 unspecified atom stereocenters. The number of hydrogen-bond acceptors (Lipinski definition) is 3. The molecule has 0 bridgehead atoms. The number of likely N-dealkylation sites (tertiary alicyclic amines) is 1. The molecule has 150 valence electrons. The Kier molecular flexibility index (Phi) is 7.31. The van der Waals surface area contributed by atoms with Gasteiger partial charge >= 0.3 is 0 Å². The van der Waals surface area contributed by atoms with Crippen molar-refractivity contribution in [2.75, 3.05) is 18.4 Å². The highest BCUT2D eigenvalue weighted by Crippen LogP contribution is 2.24. The Morgan fingerprint density at radius 1 is 1.14 bits per heavy atom. The van der Waals surface area contributed by atoms with Gasteiger partial charge in [-0.15, -0.1) is 24.0 Å². The molecular weight excluding hydrogens is 463 g/mol. The summed E-state index contributed by atoms with van der Waals surface area (Å²) in [6, 6.07) is 14.8. The first kappa shape index (κ1) is 21.1. The number of fused-ring (bicyclic) bond motifs is 1. The number of aliphatic imine (C=N–C) groups is 1. The van der Waals surface area contributed by atoms with Gasteiger partial charge in [-0.2, -0.15) is 0 Å². The molecule has 1 saturated heterocycles. The van der Waals surface area contributed by atoms with Gasteiger partial charge in [-0.25, -0.2) is 4.99 Å². The molecule has 4 N–H and O–H groups in total. The fraction of sp³-hybridized carbons (Fsp3) is 0.409. The molecule has 0 aromatic heterocycles. The number of nitrogens with two attached hydrogens (primary N) is 1. The topological polar surface area (TPSA) is 73.9 Å². The van der Waals surface area contributed by atoms with Crippen LogP contribution in [0.2, 0.25) is 0 Å². The molecule has 2 aliphatic rings. The van der Waals surface area contributed by atoms with Crippen molar-refractivity contribution in [2.24, 2.45) is 10.7 Å². The SMILES string of the molecule is I.NC(=NCc1ccccc1CN1CCC(O)C1)Nc1ccc2c(c1)CCC2. The summed E-state index contributed by atoms with van der Waals surface area (Å²) in [6.45, 7) is 3.09. The Balaban J connectivity index is 0.00000225. The largest absolute Gasteiger partial charge is 0.392 e. The molecule has 1 heterocycles. The second kappa shape index (κ2) is 9.71. The summed E-state index contributed by atoms with van der Waals surface area (Å²) in [5, 5.41) is 13.0. The summed E-state index contributed by atoms with van der Waals surface area (Å²) in [6.07, 6.45) is 4.25. The molecule has 1 atom stereocenters. The zero-order valence-electron chi connectivity index (χ0n) is 16.1. The van der Waals surface area contributed by atoms with Crippen LogP contribution in [0.25, 0.3) is 0 Å². The number of benzene rings is 2. The molecule has 5 nitrogen and oxygen atoms in total. The Labute approximate surface area is 184 Å². The predicted molar refractivity (Wildman–Crippen MR) is 125 cm³/mol. The van der Waals surface area contributed by atoms with Gasteiger partial charge in [0.25, 0.3) is 0 Å². The van der Waals surface area contributed by atoms with E-state index < -0.39 is 0 Å². The van der Waals surface area contributed by atoms with Crippen molar-refractivity contribution in [1.82, 2.24) is 4.90 Å². The highest BCUT2D eigenvalue weighted by atomic mass is 127. The van der Waals surface area contributed by atoms with Crippen LogP contribution >= 0.6 is 24.0 Å². The normalized spacial score (nSPS) is 19.3. The lowest BCUT2D eigenvalue weighted by atomic mass is 10.1. The Hall–Kier alpha value is -1.64. The summed E-state index contributed by atoms with van der Waals surface area (Å²) in [4.78, 5) is 6.84. The number of hydrogen-bond donors (Lipinski definition) is 3. The van der Waals surface area contributed by atoms with E-state index in [1.54, 1.807) is 0 Å². The summed E-state index contributed by atoms with van der Waals surface area (Å²) >= 11 is 0. The van der Waals surface area contributed by atoms with Crippen LogP contribution in [-0.2, 0) is 25.9 Å². The standard InChI is InChI=1S/C22H28N4O.HI/c23-22(25-20-9-8-16-6-3-7-17(16)12-20)24-13-18-4-1-2-5-19(18)14-26-11-10-21(27)15-26;/h1-2,4-5,8-9,12,21,27H,3,6-7,10-11,13-15H2,(H3,23,24,25);1H. The minimum atomic E-state index is -0.192. The first-order valence-corrected chi connectivity index (χ1v) is 9.83. The number of aryl methyl sites for hydroxylation is 2. The van der Waals surface area contributed by atoms with Crippen molar-refractivity contribution < 1.29 is 5.11 Å². The van der Waals surface area contributed by atoms with Gasteiger partial charge in [-0.3, -0.25) is 4.90 Å². The van der Waals surface area contributed by atoms with Gasteiger partial charge in [0.2, 0.25) is 0 Å². The van der Waals surface area contributed by atoms with Gasteiger partial charge in [0.15, 0.2) is 5.96 Å². The van der Waals surface area contributed by atoms with Crippen molar-refractivity contribution in [2.45, 2.75) is 44.9 Å². The lowest BCUT2D eigenvalue weighted by molar-refractivity contribution is 0.174. The van der Waals surface area contributed by atoms with Gasteiger partial charge in [0.1, 0.15) is 0 Å². The molecule has 0 saturated carbocycles. The summed E-state index contributed by atoms with van der Waals surface area (Å²) < 4.78 is 0. The predicted octanol–water partition coefficient (Wildman–Crippen LogP) is 3.29. The van der Waals surface area contributed by atoms with Crippen LogP contribution in [0, 0.1) is 0 Å². The highest BCUT2D eigenvalue weighted by molar-refractivity contribution is 14.0. The van der Waals surface area contributed by atoms with Crippen molar-refractivity contribution in [3.05, 3.63) is 64.7 Å². The average molecular weight is 492 g/mol. The van der Waals surface area contributed by atoms with Crippen molar-refractivity contribution in [3.63, 3.8) is 0 Å². The van der Waals surface area contributed by atoms with Crippen molar-refractivity contribution in [1.29, 1.82) is 0 Å². The molecule has 0 radical (unpaired) electrons. The van der Waals surface area contributed by atoms with Crippen LogP contribution in [0.5, 0.6) is 0 Å². The molecule has 4 rings (SSSR count). The van der Waals surface area contributed by atoms with Gasteiger partial charge in [-0.05, 0) is 60.1 Å². The average Bonchev–Trinajstić information content (AvgIpc) is 3.29. The second-order valence-corrected chi connectivity index (χ2v) is 7.61. The zero-order valence-corrected chi connectivity index (χ0v) is 18.4. The smallest absolute Gasteiger partial charge is 0.193 e. The number of rotatable bonds is 5. The number of aliphatic hydroxyl groups excluding tert-OH is 1. The molecule has 0 amide bonds. The van der Waals surface area contributed by atoms with E-state index in [4.69, 9.17) is 5.73 Å². The maximum atomic E-state index is 9.73. The number of anilines is 1. The maximum Gasteiger partial charge on any atom is 0.193 e. The van der Waals surface area contributed by atoms with E-state index in [0.29, 0.717) is 12.5 Å². The molecule has 2 aromatic rings. The lowest BCUT2D eigenvalue weighted by Crippen LogP contribution is -2.23. The lowest BCUT2D eigenvalue weighted by Gasteiger charge is -2.17. The first-order chi connectivity index (χ1) is 13.2. The van der Waals surface area contributed by atoms with Gasteiger partial charge < -0.3 is 16.2 Å². The number of halogens is 1. The van der Waals surface area contributed by atoms with Crippen LogP contribution in [-0.4, -0.2) is 35.2 Å². The highest BCUT2D eigenvalue weighted by Gasteiger charge is 2.20. The van der Waals surface area contributed by atoms with Gasteiger partial charge in [0, 0.05) is 25.3 Å². The van der Waals surface area contributed by atoms with Crippen LogP contribution in [0.4, 0.5) is 5.69 Å². The van der Waals surface area contributed by atoms with E-state index in [0.717, 1.165) is 38.2 Å². The maximum absolute atomic E-state index is 9.73. The molecule has 1 fully saturated rings. The van der Waals surface area contributed by atoms with Gasteiger partial charge in [-0.1, -0.05) is 30.3 Å². The third-order valence-corrected chi connectivity index (χ3v) is 5.55. The van der Waals surface area contributed by atoms with Gasteiger partial charge in [0.05, 0.1) is 12.6 Å². The van der Waals surface area contributed by atoms with E-state index >= 15 is 0 Å². The fourth-order valence-electron chi connectivity index (χ4n) is 4.07. The molecule has 0 spiro atoms. The van der Waals surface area contributed by atoms with E-state index in [2.05, 4.69) is 51.6 Å². The number of nitrogens with one attached hydrogen (secondary N) is 1. The molecule has 2 aromatic carbocycles. The number of guanidine groups is 1. The van der Waals surface area contributed by atoms with Crippen LogP contribution < -0.4 is 11.1 Å². The van der Waals surface area contributed by atoms with E-state index in [1.807, 2.05) is 6.07 Å². The molecule has 1 aliphatic heterocycles. The van der Waals surface area contributed by atoms with E-state index in [9.17, 15) is 5.11 Å². The molecule has 1 aliphatic carbocycles. The fourth-order valence-corrected chi connectivity index (χ4v) is 4.07. The number of nitrogens with zero attached hydrogens (tertiary/aromatic N) is 2. The van der Waals surface area contributed by atoms with E-state index in [1.165, 1.54) is 35.1 Å². The summed E-state index contributed by atoms with van der Waals surface area (Å²) in [7, 11) is 0. The van der Waals surface area contributed by atoms with Crippen LogP contribution in [0.1, 0.15) is 35.1 Å². The molecule has 6 heteroatoms. The van der Waals surface area contributed by atoms with E-state index in [-0.39, 0.29) is 30.1 Å². The minimum Gasteiger partial charge on any atom is -0.392 e. The number of β-amino-alcohol motifs (C(OH)–C–C–N with tert-alkyl or cyclic N) is 1. The van der Waals surface area contributed by atoms with Crippen molar-refractivity contribution in [3.8, 4) is 0 Å². The summed E-state index contributed by atoms with van der Waals surface area (Å²) in [5.41, 5.74) is 12.4. The molecule has 28 heavy (non-hydrogen) atoms.